The van der Waals surface area contributed by atoms with Gasteiger partial charge in [-0.2, -0.15) is 0 Å². The monoisotopic (exact) mass is 368 g/mol. The van der Waals surface area contributed by atoms with E-state index in [0.717, 1.165) is 30.9 Å². The number of anilines is 1. The summed E-state index contributed by atoms with van der Waals surface area (Å²) in [7, 11) is 0. The van der Waals surface area contributed by atoms with Crippen LogP contribution in [0.15, 0.2) is 24.3 Å². The molecule has 0 bridgehead atoms. The molecule has 1 heterocycles. The average Bonchev–Trinajstić information content (AvgIpc) is 3.11. The van der Waals surface area contributed by atoms with Gasteiger partial charge in [-0.15, -0.1) is 12.4 Å². The first kappa shape index (κ1) is 20.0. The van der Waals surface area contributed by atoms with E-state index < -0.39 is 0 Å². The number of carbonyl (C=O) groups excluding carboxylic acids is 1. The fourth-order valence-corrected chi connectivity index (χ4v) is 3.50. The van der Waals surface area contributed by atoms with Gasteiger partial charge in [0, 0.05) is 12.2 Å². The molecule has 2 aliphatic rings. The second kappa shape index (κ2) is 10.00. The summed E-state index contributed by atoms with van der Waals surface area (Å²) in [5.41, 5.74) is 6.35. The van der Waals surface area contributed by atoms with Crippen molar-refractivity contribution in [2.45, 2.75) is 57.2 Å². The Kier molecular flexibility index (Phi) is 8.00. The molecule has 1 aromatic rings. The highest BCUT2D eigenvalue weighted by Gasteiger charge is 2.29. The van der Waals surface area contributed by atoms with Crippen molar-refractivity contribution in [3.63, 3.8) is 0 Å². The van der Waals surface area contributed by atoms with Crippen molar-refractivity contribution in [2.75, 3.05) is 18.5 Å². The van der Waals surface area contributed by atoms with Crippen LogP contribution in [0.3, 0.4) is 0 Å². The zero-order chi connectivity index (χ0) is 16.8. The van der Waals surface area contributed by atoms with Gasteiger partial charge in [0.1, 0.15) is 11.9 Å². The van der Waals surface area contributed by atoms with E-state index in [2.05, 4.69) is 5.32 Å². The number of nitrogens with two attached hydrogens (primary N) is 1. The van der Waals surface area contributed by atoms with Gasteiger partial charge in [0.2, 0.25) is 0 Å². The van der Waals surface area contributed by atoms with Crippen LogP contribution in [0.2, 0.25) is 0 Å². The molecule has 2 atom stereocenters. The van der Waals surface area contributed by atoms with E-state index in [4.69, 9.17) is 15.2 Å². The number of amides is 1. The molecule has 25 heavy (non-hydrogen) atoms. The Morgan fingerprint density at radius 1 is 1.12 bits per heavy atom. The van der Waals surface area contributed by atoms with E-state index >= 15 is 0 Å². The Morgan fingerprint density at radius 3 is 2.48 bits per heavy atom. The van der Waals surface area contributed by atoms with Gasteiger partial charge < -0.3 is 20.5 Å². The third-order valence-electron chi connectivity index (χ3n) is 5.00. The lowest BCUT2D eigenvalue weighted by Crippen LogP contribution is -2.29. The van der Waals surface area contributed by atoms with Crippen LogP contribution in [0.5, 0.6) is 5.75 Å². The highest BCUT2D eigenvalue weighted by molar-refractivity contribution is 5.94. The zero-order valence-corrected chi connectivity index (χ0v) is 15.4. The standard InChI is InChI=1S/C19H28N2O3.ClH/c20-12-17-10-11-18(24-17)19(22)21-15-6-8-16(9-7-15)23-13-14-4-2-1-3-5-14;/h6-9,14,17-18H,1-5,10-13,20H2,(H,21,22);1H/t17-,18+;/m1./s1. The molecule has 1 aromatic carbocycles. The number of benzene rings is 1. The molecule has 0 aromatic heterocycles. The summed E-state index contributed by atoms with van der Waals surface area (Å²) in [6.45, 7) is 1.26. The number of halogens is 1. The van der Waals surface area contributed by atoms with Crippen LogP contribution >= 0.6 is 12.4 Å². The third-order valence-corrected chi connectivity index (χ3v) is 5.00. The first-order chi connectivity index (χ1) is 11.7. The quantitative estimate of drug-likeness (QED) is 0.805. The van der Waals surface area contributed by atoms with Crippen molar-refractivity contribution >= 4 is 24.0 Å². The summed E-state index contributed by atoms with van der Waals surface area (Å²) in [5.74, 6) is 1.45. The van der Waals surface area contributed by atoms with Crippen LogP contribution in [0, 0.1) is 5.92 Å². The first-order valence-corrected chi connectivity index (χ1v) is 9.14. The number of hydrogen-bond acceptors (Lipinski definition) is 4. The molecule has 0 unspecified atom stereocenters. The summed E-state index contributed by atoms with van der Waals surface area (Å²) in [5, 5.41) is 2.90. The van der Waals surface area contributed by atoms with Gasteiger partial charge in [-0.3, -0.25) is 4.79 Å². The van der Waals surface area contributed by atoms with Crippen molar-refractivity contribution in [1.29, 1.82) is 0 Å². The minimum Gasteiger partial charge on any atom is -0.493 e. The molecule has 0 radical (unpaired) electrons. The molecular formula is C19H29ClN2O3. The van der Waals surface area contributed by atoms with E-state index in [9.17, 15) is 4.79 Å². The number of hydrogen-bond donors (Lipinski definition) is 2. The van der Waals surface area contributed by atoms with Gasteiger partial charge in [-0.1, -0.05) is 19.3 Å². The van der Waals surface area contributed by atoms with Gasteiger partial charge in [-0.05, 0) is 55.9 Å². The number of ether oxygens (including phenoxy) is 2. The van der Waals surface area contributed by atoms with E-state index in [-0.39, 0.29) is 30.5 Å². The van der Waals surface area contributed by atoms with Crippen LogP contribution in [0.4, 0.5) is 5.69 Å². The van der Waals surface area contributed by atoms with Gasteiger partial charge in [0.25, 0.3) is 5.91 Å². The average molecular weight is 369 g/mol. The maximum atomic E-state index is 12.2. The van der Waals surface area contributed by atoms with Crippen LogP contribution < -0.4 is 15.8 Å². The van der Waals surface area contributed by atoms with Crippen molar-refractivity contribution < 1.29 is 14.3 Å². The van der Waals surface area contributed by atoms with Gasteiger partial charge in [-0.25, -0.2) is 0 Å². The van der Waals surface area contributed by atoms with Crippen LogP contribution in [-0.2, 0) is 9.53 Å². The number of carbonyl (C=O) groups is 1. The molecule has 1 aliphatic heterocycles. The maximum absolute atomic E-state index is 12.2. The Labute approximate surface area is 156 Å². The Hall–Kier alpha value is -1.30. The van der Waals surface area contributed by atoms with Crippen LogP contribution in [0.25, 0.3) is 0 Å². The van der Waals surface area contributed by atoms with Crippen molar-refractivity contribution in [3.05, 3.63) is 24.3 Å². The third kappa shape index (κ3) is 5.87. The molecule has 6 heteroatoms. The molecular weight excluding hydrogens is 340 g/mol. The molecule has 0 spiro atoms. The second-order valence-electron chi connectivity index (χ2n) is 6.89. The highest BCUT2D eigenvalue weighted by atomic mass is 35.5. The van der Waals surface area contributed by atoms with Gasteiger partial charge in [0.15, 0.2) is 0 Å². The van der Waals surface area contributed by atoms with E-state index in [1.807, 2.05) is 24.3 Å². The molecule has 1 aliphatic carbocycles. The minimum atomic E-state index is -0.388. The molecule has 1 saturated heterocycles. The van der Waals surface area contributed by atoms with Crippen molar-refractivity contribution in [1.82, 2.24) is 0 Å². The predicted molar refractivity (Wildman–Crippen MR) is 101 cm³/mol. The lowest BCUT2D eigenvalue weighted by Gasteiger charge is -2.21. The fraction of sp³-hybridized carbons (Fsp3) is 0.632. The van der Waals surface area contributed by atoms with E-state index in [0.29, 0.717) is 12.5 Å². The first-order valence-electron chi connectivity index (χ1n) is 9.14. The Bertz CT molecular complexity index is 532. The van der Waals surface area contributed by atoms with Crippen LogP contribution in [-0.4, -0.2) is 31.3 Å². The van der Waals surface area contributed by atoms with Gasteiger partial charge in [0.05, 0.1) is 12.7 Å². The van der Waals surface area contributed by atoms with Crippen LogP contribution in [0.1, 0.15) is 44.9 Å². The van der Waals surface area contributed by atoms with Crippen molar-refractivity contribution in [3.8, 4) is 5.75 Å². The fourth-order valence-electron chi connectivity index (χ4n) is 3.50. The summed E-state index contributed by atoms with van der Waals surface area (Å²) in [4.78, 5) is 12.2. The number of rotatable bonds is 6. The molecule has 5 nitrogen and oxygen atoms in total. The molecule has 140 valence electrons. The summed E-state index contributed by atoms with van der Waals surface area (Å²) in [6, 6.07) is 7.58. The summed E-state index contributed by atoms with van der Waals surface area (Å²) >= 11 is 0. The maximum Gasteiger partial charge on any atom is 0.253 e. The molecule has 3 N–H and O–H groups in total. The molecule has 1 amide bonds. The lowest BCUT2D eigenvalue weighted by molar-refractivity contribution is -0.126. The molecule has 1 saturated carbocycles. The lowest BCUT2D eigenvalue weighted by atomic mass is 9.90. The van der Waals surface area contributed by atoms with E-state index in [1.54, 1.807) is 0 Å². The largest absolute Gasteiger partial charge is 0.493 e. The van der Waals surface area contributed by atoms with Gasteiger partial charge >= 0.3 is 0 Å². The smallest absolute Gasteiger partial charge is 0.253 e. The Balaban J connectivity index is 0.00000225. The summed E-state index contributed by atoms with van der Waals surface area (Å²) in [6.07, 6.45) is 7.77. The molecule has 2 fully saturated rings. The highest BCUT2D eigenvalue weighted by Crippen LogP contribution is 2.25. The zero-order valence-electron chi connectivity index (χ0n) is 14.6. The summed E-state index contributed by atoms with van der Waals surface area (Å²) < 4.78 is 11.5. The Morgan fingerprint density at radius 2 is 1.84 bits per heavy atom. The van der Waals surface area contributed by atoms with E-state index in [1.165, 1.54) is 32.1 Å². The number of nitrogens with one attached hydrogen (secondary N) is 1. The topological polar surface area (TPSA) is 73.6 Å². The van der Waals surface area contributed by atoms with Crippen molar-refractivity contribution in [2.24, 2.45) is 11.7 Å². The predicted octanol–water partition coefficient (Wildman–Crippen LogP) is 3.51. The minimum absolute atomic E-state index is 0. The normalized spacial score (nSPS) is 23.7. The SMILES string of the molecule is Cl.NC[C@H]1CC[C@@H](C(=O)Nc2ccc(OCC3CCCCC3)cc2)O1. The molecule has 3 rings (SSSR count). The second-order valence-corrected chi connectivity index (χ2v) is 6.89.